The third-order valence-electron chi connectivity index (χ3n) is 5.59. The van der Waals surface area contributed by atoms with Crippen LogP contribution in [0.4, 0.5) is 23.1 Å². The van der Waals surface area contributed by atoms with Crippen molar-refractivity contribution in [3.05, 3.63) is 46.1 Å². The Morgan fingerprint density at radius 3 is 2.62 bits per heavy atom. The second-order valence-electron chi connectivity index (χ2n) is 8.01. The van der Waals surface area contributed by atoms with E-state index in [2.05, 4.69) is 25.9 Å². The van der Waals surface area contributed by atoms with Crippen LogP contribution in [0.1, 0.15) is 31.2 Å². The van der Waals surface area contributed by atoms with Crippen LogP contribution in [-0.2, 0) is 11.3 Å². The van der Waals surface area contributed by atoms with Gasteiger partial charge in [-0.25, -0.2) is 4.98 Å². The van der Waals surface area contributed by atoms with Crippen molar-refractivity contribution in [2.24, 2.45) is 17.6 Å². The van der Waals surface area contributed by atoms with Crippen molar-refractivity contribution in [1.29, 1.82) is 0 Å². The fourth-order valence-electron chi connectivity index (χ4n) is 3.75. The normalized spacial score (nSPS) is 18.0. The number of aromatic nitrogens is 2. The van der Waals surface area contributed by atoms with E-state index in [1.165, 1.54) is 6.20 Å². The van der Waals surface area contributed by atoms with Crippen LogP contribution in [0.15, 0.2) is 30.5 Å². The summed E-state index contributed by atoms with van der Waals surface area (Å²) in [6.07, 6.45) is 5.08. The summed E-state index contributed by atoms with van der Waals surface area (Å²) in [6.45, 7) is 1.24. The molecule has 11 nitrogen and oxygen atoms in total. The number of benzene rings is 1. The van der Waals surface area contributed by atoms with E-state index in [9.17, 15) is 20.0 Å². The first kappa shape index (κ1) is 23.2. The van der Waals surface area contributed by atoms with Gasteiger partial charge in [0.15, 0.2) is 0 Å². The molecule has 2 aromatic rings. The van der Waals surface area contributed by atoms with Gasteiger partial charge in [-0.15, -0.1) is 0 Å². The van der Waals surface area contributed by atoms with Crippen molar-refractivity contribution in [1.82, 2.24) is 9.97 Å². The highest BCUT2D eigenvalue weighted by atomic mass is 16.6. The standard InChI is InChI=1S/C21H29N7O4/c22-19(30)12-23-17-3-1-2-16(8-17)10-25-21-26-11-18(28(31)32)20(27-21)24-9-14-4-6-15(13-29)7-5-14/h1-3,8,11,14-15,23,29H,4-7,9-10,12-13H2,(H2,22,30)(H2,24,25,26,27). The van der Waals surface area contributed by atoms with Crippen LogP contribution in [0.25, 0.3) is 0 Å². The summed E-state index contributed by atoms with van der Waals surface area (Å²) in [7, 11) is 0. The molecule has 0 unspecified atom stereocenters. The Kier molecular flexibility index (Phi) is 8.14. The van der Waals surface area contributed by atoms with Gasteiger partial charge in [0.2, 0.25) is 17.7 Å². The Balaban J connectivity index is 1.61. The van der Waals surface area contributed by atoms with E-state index in [0.717, 1.165) is 36.9 Å². The summed E-state index contributed by atoms with van der Waals surface area (Å²) >= 11 is 0. The quantitative estimate of drug-likeness (QED) is 0.258. The molecular formula is C21H29N7O4. The third kappa shape index (κ3) is 6.77. The van der Waals surface area contributed by atoms with Gasteiger partial charge in [-0.3, -0.25) is 14.9 Å². The van der Waals surface area contributed by atoms with Crippen LogP contribution in [0.5, 0.6) is 0 Å². The molecule has 1 aliphatic rings. The molecule has 0 saturated heterocycles. The van der Waals surface area contributed by atoms with Gasteiger partial charge >= 0.3 is 5.69 Å². The maximum atomic E-state index is 11.4. The number of aliphatic hydroxyl groups is 1. The highest BCUT2D eigenvalue weighted by Gasteiger charge is 2.23. The second-order valence-corrected chi connectivity index (χ2v) is 8.01. The van der Waals surface area contributed by atoms with Crippen molar-refractivity contribution in [3.8, 4) is 0 Å². The van der Waals surface area contributed by atoms with Crippen LogP contribution in [-0.4, -0.2) is 45.6 Å². The number of amides is 1. The average Bonchev–Trinajstić information content (AvgIpc) is 2.80. The van der Waals surface area contributed by atoms with Crippen LogP contribution in [0.2, 0.25) is 0 Å². The Labute approximate surface area is 186 Å². The van der Waals surface area contributed by atoms with Crippen LogP contribution >= 0.6 is 0 Å². The molecule has 0 atom stereocenters. The molecule has 1 saturated carbocycles. The summed E-state index contributed by atoms with van der Waals surface area (Å²) < 4.78 is 0. The van der Waals surface area contributed by atoms with E-state index in [0.29, 0.717) is 24.9 Å². The molecule has 1 aromatic carbocycles. The molecule has 0 bridgehead atoms. The molecule has 1 heterocycles. The first-order chi connectivity index (χ1) is 15.4. The summed E-state index contributed by atoms with van der Waals surface area (Å²) in [5, 5.41) is 29.8. The van der Waals surface area contributed by atoms with Crippen molar-refractivity contribution in [3.63, 3.8) is 0 Å². The smallest absolute Gasteiger partial charge is 0.329 e. The molecule has 0 spiro atoms. The predicted molar refractivity (Wildman–Crippen MR) is 121 cm³/mol. The molecule has 0 aliphatic heterocycles. The molecule has 1 amide bonds. The minimum absolute atomic E-state index is 0.0407. The van der Waals surface area contributed by atoms with E-state index in [4.69, 9.17) is 5.73 Å². The van der Waals surface area contributed by atoms with E-state index >= 15 is 0 Å². The van der Waals surface area contributed by atoms with Gasteiger partial charge in [-0.2, -0.15) is 4.98 Å². The molecular weight excluding hydrogens is 414 g/mol. The van der Waals surface area contributed by atoms with Crippen LogP contribution in [0, 0.1) is 22.0 Å². The molecule has 172 valence electrons. The number of anilines is 3. The first-order valence-electron chi connectivity index (χ1n) is 10.7. The molecule has 11 heteroatoms. The number of carbonyl (C=O) groups excluding carboxylic acids is 1. The van der Waals surface area contributed by atoms with Crippen LogP contribution in [0.3, 0.4) is 0 Å². The van der Waals surface area contributed by atoms with Crippen LogP contribution < -0.4 is 21.7 Å². The molecule has 1 aliphatic carbocycles. The summed E-state index contributed by atoms with van der Waals surface area (Å²) in [5.41, 5.74) is 6.65. The molecule has 0 radical (unpaired) electrons. The lowest BCUT2D eigenvalue weighted by atomic mass is 9.82. The van der Waals surface area contributed by atoms with Crippen molar-refractivity contribution in [2.75, 3.05) is 35.6 Å². The summed E-state index contributed by atoms with van der Waals surface area (Å²) in [6, 6.07) is 7.43. The van der Waals surface area contributed by atoms with E-state index in [1.54, 1.807) is 0 Å². The zero-order chi connectivity index (χ0) is 22.9. The number of nitro groups is 1. The summed E-state index contributed by atoms with van der Waals surface area (Å²) in [5.74, 6) is 0.764. The van der Waals surface area contributed by atoms with Crippen molar-refractivity contribution in [2.45, 2.75) is 32.2 Å². The molecule has 1 fully saturated rings. The largest absolute Gasteiger partial charge is 0.396 e. The van der Waals surface area contributed by atoms with E-state index in [-0.39, 0.29) is 30.6 Å². The van der Waals surface area contributed by atoms with Gasteiger partial charge in [0.25, 0.3) is 0 Å². The number of rotatable bonds is 11. The Hall–Kier alpha value is -3.47. The molecule has 32 heavy (non-hydrogen) atoms. The number of primary amides is 1. The fourth-order valence-corrected chi connectivity index (χ4v) is 3.75. The third-order valence-corrected chi connectivity index (χ3v) is 5.59. The molecule has 3 rings (SSSR count). The minimum Gasteiger partial charge on any atom is -0.396 e. The maximum absolute atomic E-state index is 11.4. The average molecular weight is 444 g/mol. The monoisotopic (exact) mass is 443 g/mol. The highest BCUT2D eigenvalue weighted by Crippen LogP contribution is 2.29. The SMILES string of the molecule is NC(=O)CNc1cccc(CNc2ncc([N+](=O)[O-])c(NCC3CCC(CO)CC3)n2)c1. The van der Waals surface area contributed by atoms with E-state index < -0.39 is 10.8 Å². The fraction of sp³-hybridized carbons (Fsp3) is 0.476. The predicted octanol–water partition coefficient (Wildman–Crippen LogP) is 2.10. The molecule has 1 aromatic heterocycles. The zero-order valence-electron chi connectivity index (χ0n) is 17.8. The lowest BCUT2D eigenvalue weighted by Crippen LogP contribution is -2.23. The summed E-state index contributed by atoms with van der Waals surface area (Å²) in [4.78, 5) is 30.2. The van der Waals surface area contributed by atoms with Gasteiger partial charge in [0.05, 0.1) is 11.5 Å². The number of hydrogen-bond acceptors (Lipinski definition) is 9. The lowest BCUT2D eigenvalue weighted by molar-refractivity contribution is -0.384. The lowest BCUT2D eigenvalue weighted by Gasteiger charge is -2.27. The van der Waals surface area contributed by atoms with Gasteiger partial charge in [0, 0.05) is 25.4 Å². The topological polar surface area (TPSA) is 168 Å². The van der Waals surface area contributed by atoms with E-state index in [1.807, 2.05) is 24.3 Å². The number of nitrogens with one attached hydrogen (secondary N) is 3. The van der Waals surface area contributed by atoms with Crippen molar-refractivity contribution >= 4 is 29.0 Å². The Bertz CT molecular complexity index is 932. The number of carbonyl (C=O) groups is 1. The van der Waals surface area contributed by atoms with Crippen molar-refractivity contribution < 1.29 is 14.8 Å². The number of hydrogen-bond donors (Lipinski definition) is 5. The van der Waals surface area contributed by atoms with Gasteiger partial charge < -0.3 is 26.8 Å². The molecule has 6 N–H and O–H groups in total. The Morgan fingerprint density at radius 1 is 1.19 bits per heavy atom. The zero-order valence-corrected chi connectivity index (χ0v) is 17.8. The Morgan fingerprint density at radius 2 is 1.94 bits per heavy atom. The maximum Gasteiger partial charge on any atom is 0.329 e. The van der Waals surface area contributed by atoms with Gasteiger partial charge in [-0.1, -0.05) is 12.1 Å². The first-order valence-corrected chi connectivity index (χ1v) is 10.7. The number of nitrogens with zero attached hydrogens (tertiary/aromatic N) is 3. The van der Waals surface area contributed by atoms with Gasteiger partial charge in [-0.05, 0) is 55.2 Å². The minimum atomic E-state index is -0.497. The second kappa shape index (κ2) is 11.2. The number of aliphatic hydroxyl groups excluding tert-OH is 1. The number of nitrogens with two attached hydrogens (primary N) is 1. The highest BCUT2D eigenvalue weighted by molar-refractivity contribution is 5.78. The van der Waals surface area contributed by atoms with Gasteiger partial charge in [0.1, 0.15) is 6.20 Å².